The highest BCUT2D eigenvalue weighted by Crippen LogP contribution is 2.49. The van der Waals surface area contributed by atoms with Crippen LogP contribution < -0.4 is 4.90 Å². The molecule has 0 spiro atoms. The van der Waals surface area contributed by atoms with Gasteiger partial charge in [0.15, 0.2) is 5.82 Å². The van der Waals surface area contributed by atoms with Crippen LogP contribution in [-0.2, 0) is 21.4 Å². The van der Waals surface area contributed by atoms with E-state index in [-0.39, 0.29) is 35.9 Å². The molecule has 0 unspecified atom stereocenters. The minimum absolute atomic E-state index is 0.0683. The smallest absolute Gasteiger partial charge is 0.241 e. The zero-order valence-electron chi connectivity index (χ0n) is 10.9. The molecule has 0 aliphatic carbocycles. The third kappa shape index (κ3) is 1.27. The lowest BCUT2D eigenvalue weighted by molar-refractivity contribution is -0.124. The van der Waals surface area contributed by atoms with E-state index in [0.29, 0.717) is 5.82 Å². The maximum Gasteiger partial charge on any atom is 0.241 e. The summed E-state index contributed by atoms with van der Waals surface area (Å²) in [4.78, 5) is 26.2. The molecule has 3 aliphatic rings. The Kier molecular flexibility index (Phi) is 2.02. The van der Waals surface area contributed by atoms with E-state index in [4.69, 9.17) is 4.74 Å². The van der Waals surface area contributed by atoms with Gasteiger partial charge in [0, 0.05) is 18.8 Å². The van der Waals surface area contributed by atoms with E-state index in [2.05, 4.69) is 5.10 Å². The summed E-state index contributed by atoms with van der Waals surface area (Å²) in [5.41, 5.74) is 0.923. The van der Waals surface area contributed by atoms with E-state index in [1.807, 2.05) is 6.92 Å². The number of rotatable bonds is 1. The Morgan fingerprint density at radius 2 is 1.79 bits per heavy atom. The first-order chi connectivity index (χ1) is 9.08. The summed E-state index contributed by atoms with van der Waals surface area (Å²) in [5.74, 6) is -0.397. The minimum Gasteiger partial charge on any atom is -0.373 e. The quantitative estimate of drug-likeness (QED) is 0.686. The molecule has 3 fully saturated rings. The topological polar surface area (TPSA) is 64.4 Å². The van der Waals surface area contributed by atoms with Crippen LogP contribution in [0.3, 0.4) is 0 Å². The predicted octanol–water partition coefficient (Wildman–Crippen LogP) is 0.395. The molecule has 1 aromatic heterocycles. The van der Waals surface area contributed by atoms with Crippen LogP contribution in [-0.4, -0.2) is 33.8 Å². The summed E-state index contributed by atoms with van der Waals surface area (Å²) in [5, 5.41) is 4.25. The Balaban J connectivity index is 1.75. The van der Waals surface area contributed by atoms with E-state index in [1.54, 1.807) is 17.8 Å². The minimum atomic E-state index is -0.284. The Labute approximate surface area is 110 Å². The van der Waals surface area contributed by atoms with Gasteiger partial charge in [-0.15, -0.1) is 0 Å². The number of aryl methyl sites for hydroxylation is 2. The fourth-order valence-electron chi connectivity index (χ4n) is 3.59. The summed E-state index contributed by atoms with van der Waals surface area (Å²) < 4.78 is 7.37. The van der Waals surface area contributed by atoms with Crippen LogP contribution in [0.1, 0.15) is 18.5 Å². The normalized spacial score (nSPS) is 36.4. The summed E-state index contributed by atoms with van der Waals surface area (Å²) in [6.45, 7) is 1.90. The van der Waals surface area contributed by atoms with Crippen LogP contribution in [0.2, 0.25) is 0 Å². The fraction of sp³-hybridized carbons (Fsp3) is 0.615. The second-order valence-corrected chi connectivity index (χ2v) is 5.62. The average Bonchev–Trinajstić information content (AvgIpc) is 3.07. The van der Waals surface area contributed by atoms with Crippen molar-refractivity contribution in [1.29, 1.82) is 0 Å². The lowest BCUT2D eigenvalue weighted by Gasteiger charge is -2.15. The van der Waals surface area contributed by atoms with Crippen molar-refractivity contribution >= 4 is 17.6 Å². The number of hydrogen-bond acceptors (Lipinski definition) is 4. The highest BCUT2D eigenvalue weighted by Gasteiger charge is 2.63. The monoisotopic (exact) mass is 261 g/mol. The molecule has 6 heteroatoms. The van der Waals surface area contributed by atoms with E-state index < -0.39 is 0 Å². The van der Waals surface area contributed by atoms with Crippen molar-refractivity contribution in [2.24, 2.45) is 18.9 Å². The maximum atomic E-state index is 12.5. The summed E-state index contributed by atoms with van der Waals surface area (Å²) in [6.07, 6.45) is 1.64. The van der Waals surface area contributed by atoms with Gasteiger partial charge in [-0.05, 0) is 19.8 Å². The van der Waals surface area contributed by atoms with Crippen LogP contribution in [0.4, 0.5) is 5.82 Å². The van der Waals surface area contributed by atoms with Gasteiger partial charge in [0.1, 0.15) is 0 Å². The molecule has 0 saturated carbocycles. The van der Waals surface area contributed by atoms with Gasteiger partial charge < -0.3 is 4.74 Å². The number of amides is 2. The summed E-state index contributed by atoms with van der Waals surface area (Å²) in [7, 11) is 1.80. The number of ether oxygens (including phenoxy) is 1. The molecule has 0 radical (unpaired) electrons. The molecular formula is C13H15N3O3. The van der Waals surface area contributed by atoms with Gasteiger partial charge in [0.25, 0.3) is 0 Å². The van der Waals surface area contributed by atoms with Gasteiger partial charge in [-0.2, -0.15) is 5.10 Å². The van der Waals surface area contributed by atoms with Crippen molar-refractivity contribution in [2.75, 3.05) is 4.90 Å². The predicted molar refractivity (Wildman–Crippen MR) is 65.3 cm³/mol. The van der Waals surface area contributed by atoms with Crippen molar-refractivity contribution < 1.29 is 14.3 Å². The van der Waals surface area contributed by atoms with E-state index in [0.717, 1.165) is 18.5 Å². The molecule has 1 aromatic rings. The first kappa shape index (κ1) is 11.2. The van der Waals surface area contributed by atoms with Crippen LogP contribution in [0.15, 0.2) is 6.07 Å². The number of aromatic nitrogens is 2. The van der Waals surface area contributed by atoms with Gasteiger partial charge in [0.2, 0.25) is 11.8 Å². The van der Waals surface area contributed by atoms with Gasteiger partial charge in [-0.25, -0.2) is 4.90 Å². The molecule has 2 amide bonds. The SMILES string of the molecule is Cc1cc(N2C(=O)[C@@H]3[C@H](C2=O)[C@@H]2CC[C@@H]3O2)nn1C. The highest BCUT2D eigenvalue weighted by molar-refractivity contribution is 6.22. The molecule has 3 aliphatic heterocycles. The lowest BCUT2D eigenvalue weighted by atomic mass is 9.81. The molecule has 4 heterocycles. The molecule has 2 bridgehead atoms. The Morgan fingerprint density at radius 1 is 1.21 bits per heavy atom. The zero-order valence-corrected chi connectivity index (χ0v) is 10.9. The third-order valence-corrected chi connectivity index (χ3v) is 4.61. The van der Waals surface area contributed by atoms with E-state index in [1.165, 1.54) is 4.90 Å². The molecular weight excluding hydrogens is 246 g/mol. The average molecular weight is 261 g/mol. The second-order valence-electron chi connectivity index (χ2n) is 5.62. The number of hydrogen-bond donors (Lipinski definition) is 0. The van der Waals surface area contributed by atoms with Crippen LogP contribution >= 0.6 is 0 Å². The molecule has 4 atom stereocenters. The Hall–Kier alpha value is -1.69. The summed E-state index contributed by atoms with van der Waals surface area (Å²) >= 11 is 0. The molecule has 3 saturated heterocycles. The molecule has 19 heavy (non-hydrogen) atoms. The standard InChI is InChI=1S/C13H15N3O3/c1-6-5-9(14-15(6)2)16-12(17)10-7-3-4-8(19-7)11(10)13(16)18/h5,7-8,10-11H,3-4H2,1-2H3/t7-,8-,10-,11+/m0/s1. The van der Waals surface area contributed by atoms with Crippen molar-refractivity contribution in [3.8, 4) is 0 Å². The first-order valence-electron chi connectivity index (χ1n) is 6.62. The van der Waals surface area contributed by atoms with Crippen molar-refractivity contribution in [1.82, 2.24) is 9.78 Å². The van der Waals surface area contributed by atoms with Crippen LogP contribution in [0, 0.1) is 18.8 Å². The van der Waals surface area contributed by atoms with Crippen LogP contribution in [0.25, 0.3) is 0 Å². The third-order valence-electron chi connectivity index (χ3n) is 4.61. The van der Waals surface area contributed by atoms with Gasteiger partial charge in [0.05, 0.1) is 24.0 Å². The Morgan fingerprint density at radius 3 is 2.26 bits per heavy atom. The van der Waals surface area contributed by atoms with Gasteiger partial charge >= 0.3 is 0 Å². The van der Waals surface area contributed by atoms with Gasteiger partial charge in [-0.1, -0.05) is 0 Å². The number of anilines is 1. The number of nitrogens with zero attached hydrogens (tertiary/aromatic N) is 3. The zero-order chi connectivity index (χ0) is 13.3. The Bertz CT molecular complexity index is 546. The fourth-order valence-corrected chi connectivity index (χ4v) is 3.59. The molecule has 100 valence electrons. The number of carbonyl (C=O) groups is 2. The van der Waals surface area contributed by atoms with Crippen molar-refractivity contribution in [3.05, 3.63) is 11.8 Å². The van der Waals surface area contributed by atoms with Crippen molar-refractivity contribution in [2.45, 2.75) is 32.0 Å². The molecule has 0 N–H and O–H groups in total. The van der Waals surface area contributed by atoms with Crippen LogP contribution in [0.5, 0.6) is 0 Å². The van der Waals surface area contributed by atoms with E-state index >= 15 is 0 Å². The molecule has 6 nitrogen and oxygen atoms in total. The largest absolute Gasteiger partial charge is 0.373 e. The van der Waals surface area contributed by atoms with Gasteiger partial charge in [-0.3, -0.25) is 14.3 Å². The number of fused-ring (bicyclic) bond motifs is 5. The number of carbonyl (C=O) groups excluding carboxylic acids is 2. The lowest BCUT2D eigenvalue weighted by Crippen LogP contribution is -2.34. The highest BCUT2D eigenvalue weighted by atomic mass is 16.5. The molecule has 4 rings (SSSR count). The van der Waals surface area contributed by atoms with Crippen molar-refractivity contribution in [3.63, 3.8) is 0 Å². The maximum absolute atomic E-state index is 12.5. The number of imide groups is 1. The molecule has 0 aromatic carbocycles. The van der Waals surface area contributed by atoms with E-state index in [9.17, 15) is 9.59 Å². The second kappa shape index (κ2) is 3.45. The summed E-state index contributed by atoms with van der Waals surface area (Å²) in [6, 6.07) is 1.78. The first-order valence-corrected chi connectivity index (χ1v) is 6.62.